The topological polar surface area (TPSA) is 54.3 Å². The van der Waals surface area contributed by atoms with Gasteiger partial charge in [0.1, 0.15) is 17.6 Å². The average molecular weight is 294 g/mol. The molecule has 1 aliphatic carbocycles. The van der Waals surface area contributed by atoms with Crippen molar-refractivity contribution in [2.24, 2.45) is 0 Å². The van der Waals surface area contributed by atoms with Gasteiger partial charge < -0.3 is 15.1 Å². The smallest absolute Gasteiger partial charge is 0.163 e. The van der Waals surface area contributed by atoms with Gasteiger partial charge in [-0.15, -0.1) is 0 Å². The maximum Gasteiger partial charge on any atom is 0.163 e. The van der Waals surface area contributed by atoms with Gasteiger partial charge in [0.2, 0.25) is 0 Å². The van der Waals surface area contributed by atoms with Crippen LogP contribution in [0.1, 0.15) is 36.8 Å². The second-order valence-corrected chi connectivity index (χ2v) is 5.87. The van der Waals surface area contributed by atoms with Gasteiger partial charge in [-0.25, -0.2) is 0 Å². The average Bonchev–Trinajstić information content (AvgIpc) is 2.86. The van der Waals surface area contributed by atoms with Crippen molar-refractivity contribution < 1.29 is 9.21 Å². The Kier molecular flexibility index (Phi) is 3.03. The molecule has 0 saturated carbocycles. The number of carbonyl (C=O) groups is 1. The Bertz CT molecular complexity index is 773. The quantitative estimate of drug-likeness (QED) is 0.828. The highest BCUT2D eigenvalue weighted by Gasteiger charge is 2.33. The molecular formula is C18H18N2O2. The van der Waals surface area contributed by atoms with E-state index in [1.54, 1.807) is 0 Å². The van der Waals surface area contributed by atoms with Crippen LogP contribution in [0.2, 0.25) is 0 Å². The molecular weight excluding hydrogens is 276 g/mol. The summed E-state index contributed by atoms with van der Waals surface area (Å²) in [6.07, 6.45) is 2.40. The fourth-order valence-corrected chi connectivity index (χ4v) is 3.26. The molecule has 2 heterocycles. The van der Waals surface area contributed by atoms with Crippen molar-refractivity contribution in [3.05, 3.63) is 59.2 Å². The SMILES string of the molecule is Cc1ccc([C@@H]2Nc3ccccc3NC3=C2C(=O)CCC3)o1. The lowest BCUT2D eigenvalue weighted by molar-refractivity contribution is -0.116. The second-order valence-electron chi connectivity index (χ2n) is 5.87. The summed E-state index contributed by atoms with van der Waals surface area (Å²) in [4.78, 5) is 12.5. The molecule has 1 atom stereocenters. The van der Waals surface area contributed by atoms with Crippen LogP contribution < -0.4 is 10.6 Å². The first-order valence-electron chi connectivity index (χ1n) is 7.67. The predicted octanol–water partition coefficient (Wildman–Crippen LogP) is 4.17. The third-order valence-corrected chi connectivity index (χ3v) is 4.30. The minimum atomic E-state index is -0.229. The van der Waals surface area contributed by atoms with Crippen LogP contribution in [-0.4, -0.2) is 5.78 Å². The molecule has 1 aliphatic heterocycles. The highest BCUT2D eigenvalue weighted by atomic mass is 16.3. The number of hydrogen-bond donors (Lipinski definition) is 2. The Morgan fingerprint density at radius 3 is 2.68 bits per heavy atom. The molecule has 2 N–H and O–H groups in total. The standard InChI is InChI=1S/C18H18N2O2/c1-11-9-10-16(22-11)18-17-14(7-4-8-15(17)21)19-12-5-2-3-6-13(12)20-18/h2-3,5-6,9-10,18-20H,4,7-8H2,1H3/t18-/m0/s1. The zero-order chi connectivity index (χ0) is 15.1. The van der Waals surface area contributed by atoms with Gasteiger partial charge in [0.05, 0.1) is 11.4 Å². The fraction of sp³-hybridized carbons (Fsp3) is 0.278. The van der Waals surface area contributed by atoms with Crippen molar-refractivity contribution >= 4 is 17.2 Å². The number of ketones is 1. The van der Waals surface area contributed by atoms with E-state index >= 15 is 0 Å². The van der Waals surface area contributed by atoms with E-state index in [1.165, 1.54) is 0 Å². The van der Waals surface area contributed by atoms with Crippen molar-refractivity contribution in [2.75, 3.05) is 10.6 Å². The number of para-hydroxylation sites is 2. The first kappa shape index (κ1) is 13.2. The van der Waals surface area contributed by atoms with Gasteiger partial charge in [-0.1, -0.05) is 12.1 Å². The van der Waals surface area contributed by atoms with Crippen LogP contribution in [0.25, 0.3) is 0 Å². The fourth-order valence-electron chi connectivity index (χ4n) is 3.26. The summed E-state index contributed by atoms with van der Waals surface area (Å²) in [6, 6.07) is 11.7. The number of hydrogen-bond acceptors (Lipinski definition) is 4. The van der Waals surface area contributed by atoms with Crippen LogP contribution in [0.5, 0.6) is 0 Å². The van der Waals surface area contributed by atoms with Gasteiger partial charge >= 0.3 is 0 Å². The Morgan fingerprint density at radius 2 is 1.91 bits per heavy atom. The molecule has 22 heavy (non-hydrogen) atoms. The lowest BCUT2D eigenvalue weighted by atomic mass is 9.89. The number of nitrogens with one attached hydrogen (secondary N) is 2. The molecule has 0 radical (unpaired) electrons. The van der Waals surface area contributed by atoms with Gasteiger partial charge in [0.25, 0.3) is 0 Å². The van der Waals surface area contributed by atoms with Crippen molar-refractivity contribution in [1.29, 1.82) is 0 Å². The van der Waals surface area contributed by atoms with Crippen LogP contribution in [0.4, 0.5) is 11.4 Å². The molecule has 112 valence electrons. The van der Waals surface area contributed by atoms with E-state index in [-0.39, 0.29) is 11.8 Å². The zero-order valence-electron chi connectivity index (χ0n) is 12.5. The summed E-state index contributed by atoms with van der Waals surface area (Å²) in [6.45, 7) is 1.92. The molecule has 4 heteroatoms. The Hall–Kier alpha value is -2.49. The lowest BCUT2D eigenvalue weighted by Crippen LogP contribution is -2.23. The van der Waals surface area contributed by atoms with E-state index in [4.69, 9.17) is 4.42 Å². The highest BCUT2D eigenvalue weighted by Crippen LogP contribution is 2.40. The molecule has 2 aromatic rings. The Morgan fingerprint density at radius 1 is 1.09 bits per heavy atom. The number of anilines is 2. The van der Waals surface area contributed by atoms with Gasteiger partial charge in [-0.05, 0) is 44.0 Å². The first-order valence-corrected chi connectivity index (χ1v) is 7.67. The number of carbonyl (C=O) groups excluding carboxylic acids is 1. The lowest BCUT2D eigenvalue weighted by Gasteiger charge is -2.23. The van der Waals surface area contributed by atoms with Crippen LogP contribution in [-0.2, 0) is 4.79 Å². The molecule has 1 aromatic heterocycles. The Balaban J connectivity index is 1.87. The summed E-state index contributed by atoms with van der Waals surface area (Å²) < 4.78 is 5.81. The molecule has 0 saturated heterocycles. The van der Waals surface area contributed by atoms with Crippen molar-refractivity contribution in [2.45, 2.75) is 32.2 Å². The number of aryl methyl sites for hydroxylation is 1. The molecule has 4 nitrogen and oxygen atoms in total. The summed E-state index contributed by atoms with van der Waals surface area (Å²) in [5.74, 6) is 1.85. The number of Topliss-reactive ketones (excluding diaryl/α,β-unsaturated/α-hetero) is 1. The number of rotatable bonds is 1. The predicted molar refractivity (Wildman–Crippen MR) is 85.8 cm³/mol. The molecule has 4 rings (SSSR count). The normalized spacial score (nSPS) is 20.6. The molecule has 2 aliphatic rings. The minimum Gasteiger partial charge on any atom is -0.464 e. The minimum absolute atomic E-state index is 0.202. The summed E-state index contributed by atoms with van der Waals surface area (Å²) >= 11 is 0. The molecule has 0 amide bonds. The molecule has 1 aromatic carbocycles. The van der Waals surface area contributed by atoms with Gasteiger partial charge in [-0.2, -0.15) is 0 Å². The van der Waals surface area contributed by atoms with Crippen molar-refractivity contribution in [3.63, 3.8) is 0 Å². The van der Waals surface area contributed by atoms with Crippen LogP contribution in [0.3, 0.4) is 0 Å². The molecule has 0 bridgehead atoms. The van der Waals surface area contributed by atoms with Crippen LogP contribution in [0.15, 0.2) is 52.1 Å². The second kappa shape index (κ2) is 5.05. The van der Waals surface area contributed by atoms with Crippen molar-refractivity contribution in [1.82, 2.24) is 0 Å². The molecule has 0 spiro atoms. The van der Waals surface area contributed by atoms with Gasteiger partial charge in [0.15, 0.2) is 5.78 Å². The van der Waals surface area contributed by atoms with Crippen molar-refractivity contribution in [3.8, 4) is 0 Å². The van der Waals surface area contributed by atoms with E-state index < -0.39 is 0 Å². The molecule has 0 unspecified atom stereocenters. The van der Waals surface area contributed by atoms with E-state index in [0.717, 1.165) is 47.0 Å². The number of benzene rings is 1. The van der Waals surface area contributed by atoms with Crippen LogP contribution >= 0.6 is 0 Å². The zero-order valence-corrected chi connectivity index (χ0v) is 12.5. The van der Waals surface area contributed by atoms with Gasteiger partial charge in [-0.3, -0.25) is 4.79 Å². The van der Waals surface area contributed by atoms with Gasteiger partial charge in [0, 0.05) is 17.7 Å². The summed E-state index contributed by atoms with van der Waals surface area (Å²) in [5.41, 5.74) is 3.84. The number of fused-ring (bicyclic) bond motifs is 1. The summed E-state index contributed by atoms with van der Waals surface area (Å²) in [7, 11) is 0. The van der Waals surface area contributed by atoms with E-state index in [9.17, 15) is 4.79 Å². The highest BCUT2D eigenvalue weighted by molar-refractivity contribution is 6.00. The third-order valence-electron chi connectivity index (χ3n) is 4.30. The Labute approximate surface area is 129 Å². The maximum absolute atomic E-state index is 12.5. The van der Waals surface area contributed by atoms with E-state index in [0.29, 0.717) is 6.42 Å². The summed E-state index contributed by atoms with van der Waals surface area (Å²) in [5, 5.41) is 6.94. The third kappa shape index (κ3) is 2.11. The largest absolute Gasteiger partial charge is 0.464 e. The van der Waals surface area contributed by atoms with Crippen LogP contribution in [0, 0.1) is 6.92 Å². The molecule has 0 fully saturated rings. The first-order chi connectivity index (χ1) is 10.7. The number of allylic oxidation sites excluding steroid dienone is 1. The van der Waals surface area contributed by atoms with E-state index in [2.05, 4.69) is 10.6 Å². The monoisotopic (exact) mass is 294 g/mol. The number of furan rings is 1. The van der Waals surface area contributed by atoms with E-state index in [1.807, 2.05) is 43.3 Å². The maximum atomic E-state index is 12.5.